The molecule has 4 N–H and O–H groups in total. The lowest BCUT2D eigenvalue weighted by atomic mass is 9.76. The summed E-state index contributed by atoms with van der Waals surface area (Å²) >= 11 is 0. The number of fused-ring (bicyclic) bond motifs is 3. The molecule has 1 saturated carbocycles. The second kappa shape index (κ2) is 8.07. The average Bonchev–Trinajstić information content (AvgIpc) is 2.80. The molecular weight excluding hydrogens is 308 g/mol. The Hall–Kier alpha value is -1.47. The molecule has 3 fully saturated rings. The number of hydrogen-bond acceptors (Lipinski definition) is 6. The Morgan fingerprint density at radius 2 is 2.04 bits per heavy atom. The second-order valence-corrected chi connectivity index (χ2v) is 6.89. The number of aliphatic hydroxyl groups excluding tert-OH is 2. The lowest BCUT2D eigenvalue weighted by molar-refractivity contribution is -0.148. The van der Waals surface area contributed by atoms with Crippen molar-refractivity contribution < 1.29 is 19.7 Å². The molecule has 3 aliphatic rings. The van der Waals surface area contributed by atoms with Crippen molar-refractivity contribution in [3.05, 3.63) is 35.9 Å². The molecule has 132 valence electrons. The minimum Gasteiger partial charge on any atom is -0.460 e. The van der Waals surface area contributed by atoms with Crippen LogP contribution in [0.15, 0.2) is 30.3 Å². The first-order chi connectivity index (χ1) is 11.7. The van der Waals surface area contributed by atoms with E-state index in [1.165, 1.54) is 0 Å². The highest BCUT2D eigenvalue weighted by Gasteiger charge is 2.40. The van der Waals surface area contributed by atoms with E-state index in [0.29, 0.717) is 18.4 Å². The van der Waals surface area contributed by atoms with E-state index in [-0.39, 0.29) is 19.3 Å². The molecule has 2 aliphatic heterocycles. The normalized spacial score (nSPS) is 30.1. The standard InChI is InChI=1S/C18H26N2O4/c21-11-19-16(18(23)24-10-12-4-2-1-3-5-12)9-14-6-13-7-15(8-13)20-17(14)22/h1-5,13-17,19-22H,6-11H2/t13?,14-,15?,16-,17?/m0/s1. The van der Waals surface area contributed by atoms with Gasteiger partial charge in [-0.1, -0.05) is 30.3 Å². The van der Waals surface area contributed by atoms with Crippen LogP contribution >= 0.6 is 0 Å². The molecule has 0 radical (unpaired) electrons. The molecule has 0 amide bonds. The van der Waals surface area contributed by atoms with Crippen LogP contribution in [0.5, 0.6) is 0 Å². The maximum atomic E-state index is 12.4. The summed E-state index contributed by atoms with van der Waals surface area (Å²) in [5, 5.41) is 25.5. The summed E-state index contributed by atoms with van der Waals surface area (Å²) in [6.07, 6.45) is 2.95. The summed E-state index contributed by atoms with van der Waals surface area (Å²) in [6, 6.07) is 9.28. The van der Waals surface area contributed by atoms with Gasteiger partial charge in [-0.05, 0) is 37.2 Å². The van der Waals surface area contributed by atoms with Crippen LogP contribution in [0, 0.1) is 11.8 Å². The first kappa shape index (κ1) is 17.4. The van der Waals surface area contributed by atoms with Gasteiger partial charge >= 0.3 is 5.97 Å². The van der Waals surface area contributed by atoms with Crippen molar-refractivity contribution in [1.82, 2.24) is 10.6 Å². The minimum absolute atomic E-state index is 0.0178. The van der Waals surface area contributed by atoms with Gasteiger partial charge in [-0.3, -0.25) is 15.4 Å². The van der Waals surface area contributed by atoms with Gasteiger partial charge in [0.05, 0.1) is 6.73 Å². The van der Waals surface area contributed by atoms with Crippen LogP contribution in [-0.2, 0) is 16.1 Å². The molecule has 1 unspecified atom stereocenters. The number of hydrogen-bond donors (Lipinski definition) is 4. The van der Waals surface area contributed by atoms with E-state index < -0.39 is 18.2 Å². The van der Waals surface area contributed by atoms with Gasteiger partial charge in [-0.15, -0.1) is 0 Å². The number of carbonyl (C=O) groups excluding carboxylic acids is 1. The molecule has 1 aromatic rings. The molecule has 24 heavy (non-hydrogen) atoms. The van der Waals surface area contributed by atoms with Crippen LogP contribution in [0.25, 0.3) is 0 Å². The smallest absolute Gasteiger partial charge is 0.323 e. The van der Waals surface area contributed by atoms with Crippen LogP contribution in [-0.4, -0.2) is 41.2 Å². The molecular formula is C18H26N2O4. The first-order valence-corrected chi connectivity index (χ1v) is 8.64. The zero-order valence-corrected chi connectivity index (χ0v) is 13.7. The van der Waals surface area contributed by atoms with Crippen molar-refractivity contribution in [3.8, 4) is 0 Å². The van der Waals surface area contributed by atoms with E-state index in [1.807, 2.05) is 30.3 Å². The van der Waals surface area contributed by atoms with Crippen LogP contribution in [0.1, 0.15) is 31.2 Å². The zero-order valence-electron chi connectivity index (χ0n) is 13.7. The third-order valence-electron chi connectivity index (χ3n) is 5.11. The topological polar surface area (TPSA) is 90.8 Å². The van der Waals surface area contributed by atoms with Crippen molar-refractivity contribution in [3.63, 3.8) is 0 Å². The fourth-order valence-corrected chi connectivity index (χ4v) is 3.73. The predicted octanol–water partition coefficient (Wildman–Crippen LogP) is 0.734. The number of ether oxygens (including phenoxy) is 1. The molecule has 0 aromatic heterocycles. The Morgan fingerprint density at radius 3 is 2.75 bits per heavy atom. The summed E-state index contributed by atoms with van der Waals surface area (Å²) in [6.45, 7) is -0.0904. The van der Waals surface area contributed by atoms with Gasteiger partial charge in [-0.2, -0.15) is 0 Å². The number of esters is 1. The number of carbonyl (C=O) groups is 1. The van der Waals surface area contributed by atoms with E-state index >= 15 is 0 Å². The van der Waals surface area contributed by atoms with Gasteiger partial charge in [0.25, 0.3) is 0 Å². The fraction of sp³-hybridized carbons (Fsp3) is 0.611. The van der Waals surface area contributed by atoms with Crippen molar-refractivity contribution in [2.24, 2.45) is 11.8 Å². The predicted molar refractivity (Wildman–Crippen MR) is 88.6 cm³/mol. The maximum absolute atomic E-state index is 12.4. The molecule has 1 aromatic carbocycles. The molecule has 6 nitrogen and oxygen atoms in total. The third-order valence-corrected chi connectivity index (χ3v) is 5.11. The Balaban J connectivity index is 1.55. The summed E-state index contributed by atoms with van der Waals surface area (Å²) in [4.78, 5) is 12.4. The Labute approximate surface area is 142 Å². The summed E-state index contributed by atoms with van der Waals surface area (Å²) in [5.74, 6) is 0.215. The zero-order chi connectivity index (χ0) is 16.9. The molecule has 2 heterocycles. The van der Waals surface area contributed by atoms with Crippen LogP contribution in [0.3, 0.4) is 0 Å². The van der Waals surface area contributed by atoms with E-state index in [9.17, 15) is 15.0 Å². The van der Waals surface area contributed by atoms with Gasteiger partial charge in [-0.25, -0.2) is 0 Å². The van der Waals surface area contributed by atoms with E-state index in [2.05, 4.69) is 10.6 Å². The Bertz CT molecular complexity index is 533. The minimum atomic E-state index is -0.615. The molecule has 2 saturated heterocycles. The lowest BCUT2D eigenvalue weighted by Crippen LogP contribution is -2.46. The number of benzene rings is 1. The number of aliphatic hydroxyl groups is 2. The van der Waals surface area contributed by atoms with Gasteiger partial charge in [0.2, 0.25) is 0 Å². The SMILES string of the molecule is O=C(OCc1ccccc1)[C@H](C[C@@H]1CC2CC(C2)NC1O)NCO. The van der Waals surface area contributed by atoms with Crippen molar-refractivity contribution in [2.45, 2.75) is 50.6 Å². The largest absolute Gasteiger partial charge is 0.460 e. The molecule has 2 bridgehead atoms. The average molecular weight is 334 g/mol. The van der Waals surface area contributed by atoms with Gasteiger partial charge in [0.15, 0.2) is 0 Å². The molecule has 3 atom stereocenters. The van der Waals surface area contributed by atoms with Crippen LogP contribution in [0.2, 0.25) is 0 Å². The van der Waals surface area contributed by atoms with Gasteiger partial charge in [0.1, 0.15) is 18.9 Å². The van der Waals surface area contributed by atoms with Crippen molar-refractivity contribution in [2.75, 3.05) is 6.73 Å². The molecule has 1 aliphatic carbocycles. The summed E-state index contributed by atoms with van der Waals surface area (Å²) < 4.78 is 5.37. The van der Waals surface area contributed by atoms with Crippen molar-refractivity contribution in [1.29, 1.82) is 0 Å². The first-order valence-electron chi connectivity index (χ1n) is 8.64. The molecule has 6 heteroatoms. The van der Waals surface area contributed by atoms with Gasteiger partial charge < -0.3 is 14.9 Å². The Kier molecular flexibility index (Phi) is 5.84. The monoisotopic (exact) mass is 334 g/mol. The lowest BCUT2D eigenvalue weighted by Gasteiger charge is -2.32. The number of nitrogens with one attached hydrogen (secondary N) is 2. The highest BCUT2D eigenvalue weighted by atomic mass is 16.5. The molecule has 0 spiro atoms. The molecule has 4 rings (SSSR count). The van der Waals surface area contributed by atoms with E-state index in [1.54, 1.807) is 0 Å². The number of rotatable bonds is 7. The van der Waals surface area contributed by atoms with E-state index in [4.69, 9.17) is 4.74 Å². The third kappa shape index (κ3) is 4.33. The maximum Gasteiger partial charge on any atom is 0.323 e. The summed E-state index contributed by atoms with van der Waals surface area (Å²) in [5.41, 5.74) is 0.922. The highest BCUT2D eigenvalue weighted by Crippen LogP contribution is 2.38. The second-order valence-electron chi connectivity index (χ2n) is 6.89. The van der Waals surface area contributed by atoms with Gasteiger partial charge in [0, 0.05) is 12.0 Å². The van der Waals surface area contributed by atoms with Crippen molar-refractivity contribution >= 4 is 5.97 Å². The highest BCUT2D eigenvalue weighted by molar-refractivity contribution is 5.75. The fourth-order valence-electron chi connectivity index (χ4n) is 3.73. The quantitative estimate of drug-likeness (QED) is 0.434. The van der Waals surface area contributed by atoms with Crippen LogP contribution in [0.4, 0.5) is 0 Å². The Morgan fingerprint density at radius 1 is 1.29 bits per heavy atom. The van der Waals surface area contributed by atoms with Crippen LogP contribution < -0.4 is 10.6 Å². The van der Waals surface area contributed by atoms with E-state index in [0.717, 1.165) is 24.8 Å². The summed E-state index contributed by atoms with van der Waals surface area (Å²) in [7, 11) is 0.